The lowest BCUT2D eigenvalue weighted by molar-refractivity contribution is -0.150. The minimum atomic E-state index is -1.04. The molecule has 3 aliphatic heterocycles. The number of hydrogen-bond acceptors (Lipinski definition) is 10. The summed E-state index contributed by atoms with van der Waals surface area (Å²) in [6.45, 7) is 0.453. The first-order valence-electron chi connectivity index (χ1n) is 12.0. The van der Waals surface area contributed by atoms with Gasteiger partial charge in [-0.05, 0) is 31.4 Å². The number of piperidine rings is 1. The Morgan fingerprint density at radius 1 is 1.08 bits per heavy atom. The molecule has 192 valence electrons. The Morgan fingerprint density at radius 2 is 1.92 bits per heavy atom. The van der Waals surface area contributed by atoms with E-state index < -0.39 is 35.5 Å². The van der Waals surface area contributed by atoms with E-state index in [9.17, 15) is 19.2 Å². The number of carbonyl (C=O) groups excluding carboxylic acids is 4. The second-order valence-electron chi connectivity index (χ2n) is 9.07. The molecule has 38 heavy (non-hydrogen) atoms. The molecule has 0 saturated carbocycles. The Balaban J connectivity index is 1.24. The van der Waals surface area contributed by atoms with Crippen LogP contribution in [0.2, 0.25) is 0 Å². The molecular weight excluding hydrogens is 497 g/mol. The maximum absolute atomic E-state index is 15.3. The van der Waals surface area contributed by atoms with Gasteiger partial charge in [-0.2, -0.15) is 4.98 Å². The van der Waals surface area contributed by atoms with Crippen LogP contribution in [0, 0.1) is 5.82 Å². The highest BCUT2D eigenvalue weighted by molar-refractivity contribution is 6.21. The van der Waals surface area contributed by atoms with Crippen LogP contribution in [0.1, 0.15) is 31.6 Å². The van der Waals surface area contributed by atoms with Gasteiger partial charge in [0.2, 0.25) is 23.5 Å². The summed E-state index contributed by atoms with van der Waals surface area (Å²) in [5.74, 6) is -2.66. The monoisotopic (exact) mass is 517 g/mol. The lowest BCUT2D eigenvalue weighted by atomic mass is 10.0. The molecule has 12 nitrogen and oxygen atoms in total. The minimum absolute atomic E-state index is 0.0134. The highest BCUT2D eigenvalue weighted by atomic mass is 19.1. The molecule has 0 aliphatic carbocycles. The van der Waals surface area contributed by atoms with Gasteiger partial charge in [0.15, 0.2) is 0 Å². The number of amides is 4. The van der Waals surface area contributed by atoms with Crippen molar-refractivity contribution in [2.24, 2.45) is 0 Å². The first-order chi connectivity index (χ1) is 18.4. The molecule has 3 aliphatic rings. The quantitative estimate of drug-likeness (QED) is 0.491. The normalized spacial score (nSPS) is 19.8. The van der Waals surface area contributed by atoms with Crippen LogP contribution < -0.4 is 5.32 Å². The number of carbonyl (C=O) groups is 4. The molecule has 3 aromatic rings. The molecule has 1 saturated heterocycles. The van der Waals surface area contributed by atoms with Crippen LogP contribution in [0.4, 0.5) is 4.39 Å². The van der Waals surface area contributed by atoms with E-state index in [-0.39, 0.29) is 47.9 Å². The van der Waals surface area contributed by atoms with E-state index >= 15 is 4.39 Å². The fourth-order valence-corrected chi connectivity index (χ4v) is 4.99. The Labute approximate surface area is 214 Å². The second-order valence-corrected chi connectivity index (χ2v) is 9.07. The van der Waals surface area contributed by atoms with E-state index in [1.165, 1.54) is 24.7 Å². The molecule has 0 spiro atoms. The predicted molar refractivity (Wildman–Crippen MR) is 125 cm³/mol. The lowest BCUT2D eigenvalue weighted by Gasteiger charge is -2.29. The van der Waals surface area contributed by atoms with E-state index in [1.54, 1.807) is 17.0 Å². The van der Waals surface area contributed by atoms with Crippen LogP contribution in [0.25, 0.3) is 22.6 Å². The summed E-state index contributed by atoms with van der Waals surface area (Å²) in [4.78, 5) is 65.4. The molecule has 13 heteroatoms. The van der Waals surface area contributed by atoms with Crippen LogP contribution in [-0.4, -0.2) is 66.1 Å². The van der Waals surface area contributed by atoms with Crippen molar-refractivity contribution in [3.63, 3.8) is 0 Å². The van der Waals surface area contributed by atoms with Gasteiger partial charge in [-0.1, -0.05) is 11.2 Å². The largest absolute Gasteiger partial charge is 0.357 e. The predicted octanol–water partition coefficient (Wildman–Crippen LogP) is 1.36. The molecule has 0 radical (unpaired) electrons. The molecule has 4 amide bonds. The molecule has 6 rings (SSSR count). The molecule has 1 unspecified atom stereocenters. The van der Waals surface area contributed by atoms with Gasteiger partial charge in [-0.15, -0.1) is 0 Å². The fraction of sp³-hybridized carbons (Fsp3) is 0.280. The van der Waals surface area contributed by atoms with Crippen LogP contribution in [0.3, 0.4) is 0 Å². The number of halogens is 1. The third-order valence-electron chi connectivity index (χ3n) is 6.75. The number of rotatable bonds is 5. The summed E-state index contributed by atoms with van der Waals surface area (Å²) in [5.41, 5.74) is 1.19. The van der Waals surface area contributed by atoms with Crippen molar-refractivity contribution in [2.75, 3.05) is 6.54 Å². The van der Waals surface area contributed by atoms with Crippen molar-refractivity contribution in [3.8, 4) is 22.6 Å². The first-order valence-corrected chi connectivity index (χ1v) is 12.0. The summed E-state index contributed by atoms with van der Waals surface area (Å²) in [6, 6.07) is 3.69. The van der Waals surface area contributed by atoms with E-state index in [0.717, 1.165) is 4.90 Å². The second kappa shape index (κ2) is 9.25. The van der Waals surface area contributed by atoms with Crippen LogP contribution >= 0.6 is 0 Å². The highest BCUT2D eigenvalue weighted by Crippen LogP contribution is 2.35. The van der Waals surface area contributed by atoms with Crippen LogP contribution in [0.5, 0.6) is 0 Å². The number of aromatic nitrogens is 4. The van der Waals surface area contributed by atoms with E-state index in [0.29, 0.717) is 30.7 Å². The maximum atomic E-state index is 15.3. The van der Waals surface area contributed by atoms with Crippen molar-refractivity contribution in [2.45, 2.75) is 38.3 Å². The lowest BCUT2D eigenvalue weighted by Crippen LogP contribution is -2.55. The van der Waals surface area contributed by atoms with Gasteiger partial charge in [0.25, 0.3) is 11.8 Å². The number of hydrogen-bond donors (Lipinski definition) is 1. The van der Waals surface area contributed by atoms with Crippen molar-refractivity contribution < 1.29 is 28.1 Å². The van der Waals surface area contributed by atoms with Gasteiger partial charge in [0.05, 0.1) is 24.0 Å². The van der Waals surface area contributed by atoms with E-state index in [1.807, 2.05) is 0 Å². The molecule has 1 atom stereocenters. The van der Waals surface area contributed by atoms with Crippen molar-refractivity contribution in [3.05, 3.63) is 59.8 Å². The average Bonchev–Trinajstić information content (AvgIpc) is 3.48. The fourth-order valence-electron chi connectivity index (χ4n) is 4.99. The van der Waals surface area contributed by atoms with Gasteiger partial charge in [0, 0.05) is 36.5 Å². The molecule has 1 N–H and O–H groups in total. The topological polar surface area (TPSA) is 151 Å². The summed E-state index contributed by atoms with van der Waals surface area (Å²) in [7, 11) is 0. The van der Waals surface area contributed by atoms with Gasteiger partial charge in [-0.25, -0.2) is 4.39 Å². The van der Waals surface area contributed by atoms with Gasteiger partial charge >= 0.3 is 0 Å². The Morgan fingerprint density at radius 3 is 2.71 bits per heavy atom. The molecule has 0 bridgehead atoms. The molecular formula is C25H20FN7O5. The zero-order valence-electron chi connectivity index (χ0n) is 19.9. The summed E-state index contributed by atoms with van der Waals surface area (Å²) >= 11 is 0. The van der Waals surface area contributed by atoms with Gasteiger partial charge in [-0.3, -0.25) is 39.4 Å². The third kappa shape index (κ3) is 3.92. The highest BCUT2D eigenvalue weighted by Gasteiger charge is 2.48. The van der Waals surface area contributed by atoms with Crippen molar-refractivity contribution in [1.29, 1.82) is 0 Å². The van der Waals surface area contributed by atoms with Gasteiger partial charge < -0.3 is 9.42 Å². The van der Waals surface area contributed by atoms with E-state index in [4.69, 9.17) is 4.52 Å². The summed E-state index contributed by atoms with van der Waals surface area (Å²) in [5, 5.41) is 6.11. The van der Waals surface area contributed by atoms with Crippen molar-refractivity contribution in [1.82, 2.24) is 35.2 Å². The van der Waals surface area contributed by atoms with Crippen LogP contribution in [0.15, 0.2) is 52.6 Å². The molecule has 5 heterocycles. The average molecular weight is 517 g/mol. The smallest absolute Gasteiger partial charge is 0.278 e. The summed E-state index contributed by atoms with van der Waals surface area (Å²) in [6.07, 6.45) is 5.50. The standard InChI is InChI=1S/C25H20FN7O5/c26-20-13(16-11-27-8-9-28-16)3-1-4-14(20)22-30-19(38-31-22)12-32-10-2-5-15-21(32)25(37)33(24(15)36)17-6-7-18(34)29-23(17)35/h1,3-4,8-9,11,17H,2,5-7,10,12H2,(H,29,34,35). The number of nitrogens with one attached hydrogen (secondary N) is 1. The third-order valence-corrected chi connectivity index (χ3v) is 6.75. The zero-order valence-corrected chi connectivity index (χ0v) is 19.9. The number of imide groups is 2. The van der Waals surface area contributed by atoms with Crippen LogP contribution in [-0.2, 0) is 25.7 Å². The molecule has 2 aromatic heterocycles. The SMILES string of the molecule is O=C1CCC(N2C(=O)C3=C(C2=O)N(Cc2nc(-c4cccc(-c5cnccn5)c4F)no2)CCC3)C(=O)N1. The van der Waals surface area contributed by atoms with Gasteiger partial charge in [0.1, 0.15) is 17.6 Å². The molecule has 1 aromatic carbocycles. The molecule has 1 fully saturated rings. The minimum Gasteiger partial charge on any atom is -0.357 e. The summed E-state index contributed by atoms with van der Waals surface area (Å²) < 4.78 is 20.7. The number of nitrogens with zero attached hydrogens (tertiary/aromatic N) is 6. The first kappa shape index (κ1) is 23.6. The Hall–Kier alpha value is -4.81. The zero-order chi connectivity index (χ0) is 26.4. The van der Waals surface area contributed by atoms with Crippen molar-refractivity contribution >= 4 is 23.6 Å². The Kier molecular flexibility index (Phi) is 5.74. The maximum Gasteiger partial charge on any atom is 0.278 e. The number of benzene rings is 1. The Bertz CT molecular complexity index is 1520. The van der Waals surface area contributed by atoms with E-state index in [2.05, 4.69) is 25.4 Å².